The number of thiol groups is 1. The smallest absolute Gasteiger partial charge is 0.408 e. The Balaban J connectivity index is 1.52. The minimum absolute atomic E-state index is 0.0362. The quantitative estimate of drug-likeness (QED) is 0.0627. The number of rotatable bonds is 9. The number of anilines is 1. The standard InChI is InChI=1S/C28H26N4O5S/c33-25(32-36)15-12-19-10-13-22(14-11-19)30-26(34)28(38,16-21-17-29-24-9-5-4-8-23(21)24)31-27(35)37-18-20-6-2-1-3-7-20/h1-15,17,29,36,38H,16,18H2,(H,30,34)(H,31,35)(H,32,33)/b15-12+/t28-/m0/s1. The van der Waals surface area contributed by atoms with Gasteiger partial charge >= 0.3 is 6.09 Å². The molecule has 4 rings (SSSR count). The molecular weight excluding hydrogens is 504 g/mol. The van der Waals surface area contributed by atoms with Crippen LogP contribution in [0.25, 0.3) is 17.0 Å². The van der Waals surface area contributed by atoms with Crippen molar-refractivity contribution in [3.8, 4) is 0 Å². The topological polar surface area (TPSA) is 133 Å². The highest BCUT2D eigenvalue weighted by atomic mass is 32.1. The maximum absolute atomic E-state index is 13.5. The predicted molar refractivity (Wildman–Crippen MR) is 148 cm³/mol. The number of fused-ring (bicyclic) bond motifs is 1. The van der Waals surface area contributed by atoms with Crippen LogP contribution in [0.3, 0.4) is 0 Å². The summed E-state index contributed by atoms with van der Waals surface area (Å²) in [6, 6.07) is 23.5. The molecule has 0 spiro atoms. The number of benzene rings is 3. The minimum atomic E-state index is -1.66. The van der Waals surface area contributed by atoms with Crippen LogP contribution in [0.4, 0.5) is 10.5 Å². The lowest BCUT2D eigenvalue weighted by atomic mass is 10.0. The summed E-state index contributed by atoms with van der Waals surface area (Å²) in [6.45, 7) is 0.0362. The lowest BCUT2D eigenvalue weighted by molar-refractivity contribution is -0.124. The molecule has 10 heteroatoms. The first-order chi connectivity index (χ1) is 18.4. The molecule has 0 saturated carbocycles. The van der Waals surface area contributed by atoms with Gasteiger partial charge in [0.1, 0.15) is 6.61 Å². The number of amides is 3. The second kappa shape index (κ2) is 12.1. The Morgan fingerprint density at radius 2 is 1.68 bits per heavy atom. The van der Waals surface area contributed by atoms with Crippen LogP contribution in [0, 0.1) is 0 Å². The number of carbonyl (C=O) groups is 3. The third-order valence-corrected chi connectivity index (χ3v) is 6.20. The van der Waals surface area contributed by atoms with Crippen molar-refractivity contribution in [3.63, 3.8) is 0 Å². The number of para-hydroxylation sites is 1. The number of nitrogens with one attached hydrogen (secondary N) is 4. The Labute approximate surface area is 224 Å². The van der Waals surface area contributed by atoms with Gasteiger partial charge in [-0.05, 0) is 41.0 Å². The van der Waals surface area contributed by atoms with Crippen LogP contribution in [-0.2, 0) is 27.4 Å². The summed E-state index contributed by atoms with van der Waals surface area (Å²) in [7, 11) is 0. The van der Waals surface area contributed by atoms with E-state index in [9.17, 15) is 14.4 Å². The molecule has 0 bridgehead atoms. The Morgan fingerprint density at radius 3 is 2.42 bits per heavy atom. The first kappa shape index (κ1) is 26.5. The molecule has 0 fully saturated rings. The van der Waals surface area contributed by atoms with E-state index in [4.69, 9.17) is 9.94 Å². The summed E-state index contributed by atoms with van der Waals surface area (Å²) in [5, 5.41) is 14.9. The molecule has 38 heavy (non-hydrogen) atoms. The molecule has 0 saturated heterocycles. The number of ether oxygens (including phenoxy) is 1. The number of hydrogen-bond acceptors (Lipinski definition) is 6. The predicted octanol–water partition coefficient (Wildman–Crippen LogP) is 4.42. The average Bonchev–Trinajstić information content (AvgIpc) is 3.34. The Morgan fingerprint density at radius 1 is 0.974 bits per heavy atom. The lowest BCUT2D eigenvalue weighted by Crippen LogP contribution is -2.54. The van der Waals surface area contributed by atoms with Crippen molar-refractivity contribution in [2.75, 3.05) is 5.32 Å². The van der Waals surface area contributed by atoms with Crippen LogP contribution in [0.1, 0.15) is 16.7 Å². The van der Waals surface area contributed by atoms with E-state index in [1.165, 1.54) is 17.6 Å². The Bertz CT molecular complexity index is 1450. The van der Waals surface area contributed by atoms with E-state index in [0.29, 0.717) is 11.3 Å². The molecule has 1 atom stereocenters. The molecule has 0 radical (unpaired) electrons. The summed E-state index contributed by atoms with van der Waals surface area (Å²) >= 11 is 4.65. The molecule has 1 heterocycles. The third-order valence-electron chi connectivity index (χ3n) is 5.72. The zero-order valence-electron chi connectivity index (χ0n) is 20.2. The Kier molecular flexibility index (Phi) is 8.47. The summed E-state index contributed by atoms with van der Waals surface area (Å²) < 4.78 is 5.36. The van der Waals surface area contributed by atoms with Crippen molar-refractivity contribution in [2.45, 2.75) is 17.9 Å². The van der Waals surface area contributed by atoms with Crippen LogP contribution >= 0.6 is 12.6 Å². The van der Waals surface area contributed by atoms with Crippen molar-refractivity contribution in [1.29, 1.82) is 0 Å². The van der Waals surface area contributed by atoms with E-state index >= 15 is 0 Å². The van der Waals surface area contributed by atoms with Crippen molar-refractivity contribution in [3.05, 3.63) is 108 Å². The zero-order chi connectivity index (χ0) is 27.0. The highest BCUT2D eigenvalue weighted by Gasteiger charge is 2.38. The molecule has 5 N–H and O–H groups in total. The molecule has 3 amide bonds. The van der Waals surface area contributed by atoms with E-state index < -0.39 is 22.8 Å². The van der Waals surface area contributed by atoms with E-state index in [2.05, 4.69) is 28.2 Å². The van der Waals surface area contributed by atoms with E-state index in [1.54, 1.807) is 30.5 Å². The SMILES string of the molecule is O=C(/C=C/c1ccc(NC(=O)[C@@](S)(Cc2c[nH]c3ccccc23)NC(=O)OCc2ccccc2)cc1)NO. The summed E-state index contributed by atoms with van der Waals surface area (Å²) in [4.78, 5) is 38.9. The van der Waals surface area contributed by atoms with Gasteiger partial charge in [0.2, 0.25) is 0 Å². The van der Waals surface area contributed by atoms with Gasteiger partial charge in [0.05, 0.1) is 0 Å². The second-order valence-electron chi connectivity index (χ2n) is 8.47. The lowest BCUT2D eigenvalue weighted by Gasteiger charge is -2.28. The molecule has 1 aromatic heterocycles. The molecule has 0 aliphatic rings. The summed E-state index contributed by atoms with van der Waals surface area (Å²) in [6.07, 6.45) is 3.73. The molecular formula is C28H26N4O5S. The van der Waals surface area contributed by atoms with E-state index in [-0.39, 0.29) is 13.0 Å². The zero-order valence-corrected chi connectivity index (χ0v) is 21.1. The number of hydroxylamine groups is 1. The normalized spacial score (nSPS) is 12.6. The maximum atomic E-state index is 13.5. The number of aromatic nitrogens is 1. The maximum Gasteiger partial charge on any atom is 0.408 e. The number of H-pyrrole nitrogens is 1. The first-order valence-corrected chi connectivity index (χ1v) is 12.1. The molecule has 9 nitrogen and oxygen atoms in total. The van der Waals surface area contributed by atoms with E-state index in [1.807, 2.05) is 54.6 Å². The Hall–Kier alpha value is -4.54. The monoisotopic (exact) mass is 530 g/mol. The van der Waals surface area contributed by atoms with Gasteiger partial charge in [0, 0.05) is 35.3 Å². The van der Waals surface area contributed by atoms with Crippen LogP contribution in [0.5, 0.6) is 0 Å². The van der Waals surface area contributed by atoms with Crippen molar-refractivity contribution in [1.82, 2.24) is 15.8 Å². The molecule has 194 valence electrons. The average molecular weight is 531 g/mol. The van der Waals surface area contributed by atoms with Gasteiger partial charge in [-0.1, -0.05) is 60.7 Å². The van der Waals surface area contributed by atoms with Gasteiger partial charge in [-0.3, -0.25) is 20.1 Å². The molecule has 4 aromatic rings. The van der Waals surface area contributed by atoms with Gasteiger partial charge in [-0.25, -0.2) is 10.3 Å². The number of carbonyl (C=O) groups excluding carboxylic acids is 3. The second-order valence-corrected chi connectivity index (χ2v) is 9.23. The van der Waals surface area contributed by atoms with E-state index in [0.717, 1.165) is 22.0 Å². The first-order valence-electron chi connectivity index (χ1n) is 11.7. The minimum Gasteiger partial charge on any atom is -0.445 e. The van der Waals surface area contributed by atoms with Gasteiger partial charge in [0.15, 0.2) is 4.87 Å². The largest absolute Gasteiger partial charge is 0.445 e. The highest BCUT2D eigenvalue weighted by molar-refractivity contribution is 7.82. The third kappa shape index (κ3) is 6.81. The van der Waals surface area contributed by atoms with Crippen molar-refractivity contribution >= 4 is 53.2 Å². The fraction of sp³-hybridized carbons (Fsp3) is 0.107. The molecule has 3 aromatic carbocycles. The van der Waals surface area contributed by atoms with Crippen LogP contribution in [0.15, 0.2) is 91.1 Å². The van der Waals surface area contributed by atoms with Gasteiger partial charge in [0.25, 0.3) is 11.8 Å². The van der Waals surface area contributed by atoms with Crippen LogP contribution < -0.4 is 16.1 Å². The number of alkyl carbamates (subject to hydrolysis) is 1. The van der Waals surface area contributed by atoms with Gasteiger partial charge in [-0.2, -0.15) is 0 Å². The number of hydrogen-bond donors (Lipinski definition) is 6. The van der Waals surface area contributed by atoms with Gasteiger partial charge < -0.3 is 15.0 Å². The summed E-state index contributed by atoms with van der Waals surface area (Å²) in [5.74, 6) is -1.23. The number of aromatic amines is 1. The fourth-order valence-corrected chi connectivity index (χ4v) is 4.10. The highest BCUT2D eigenvalue weighted by Crippen LogP contribution is 2.26. The molecule has 0 aliphatic heterocycles. The van der Waals surface area contributed by atoms with Gasteiger partial charge in [-0.15, -0.1) is 12.6 Å². The molecule has 0 unspecified atom stereocenters. The summed E-state index contributed by atoms with van der Waals surface area (Å²) in [5.41, 5.74) is 5.13. The van der Waals surface area contributed by atoms with Crippen LogP contribution in [0.2, 0.25) is 0 Å². The van der Waals surface area contributed by atoms with Crippen molar-refractivity contribution in [2.24, 2.45) is 0 Å². The molecule has 0 aliphatic carbocycles. The van der Waals surface area contributed by atoms with Crippen molar-refractivity contribution < 1.29 is 24.3 Å². The van der Waals surface area contributed by atoms with Crippen LogP contribution in [-0.4, -0.2) is 33.0 Å². The fourth-order valence-electron chi connectivity index (χ4n) is 3.78.